The molecule has 1 aromatic heterocycles. The Labute approximate surface area is 203 Å². The van der Waals surface area contributed by atoms with Crippen molar-refractivity contribution in [2.24, 2.45) is 10.9 Å². The van der Waals surface area contributed by atoms with Crippen LogP contribution in [0.2, 0.25) is 0 Å². The summed E-state index contributed by atoms with van der Waals surface area (Å²) in [5.74, 6) is 3.15. The number of aryl methyl sites for hydroxylation is 2. The topological polar surface area (TPSA) is 93.4 Å². The predicted molar refractivity (Wildman–Crippen MR) is 133 cm³/mol. The van der Waals surface area contributed by atoms with Crippen LogP contribution in [-0.4, -0.2) is 52.4 Å². The van der Waals surface area contributed by atoms with Crippen LogP contribution in [0.5, 0.6) is 0 Å². The molecule has 1 aliphatic heterocycles. The van der Waals surface area contributed by atoms with Gasteiger partial charge in [0.2, 0.25) is 0 Å². The van der Waals surface area contributed by atoms with Crippen molar-refractivity contribution in [2.45, 2.75) is 90.6 Å². The summed E-state index contributed by atoms with van der Waals surface area (Å²) in [5, 5.41) is 15.7. The zero-order valence-corrected chi connectivity index (χ0v) is 21.4. The van der Waals surface area contributed by atoms with E-state index in [-0.39, 0.29) is 35.9 Å². The van der Waals surface area contributed by atoms with Gasteiger partial charge in [-0.2, -0.15) is 0 Å². The molecule has 31 heavy (non-hydrogen) atoms. The lowest BCUT2D eigenvalue weighted by Crippen LogP contribution is -2.45. The van der Waals surface area contributed by atoms with E-state index in [4.69, 9.17) is 9.73 Å². The van der Waals surface area contributed by atoms with E-state index in [1.54, 1.807) is 0 Å². The first kappa shape index (κ1) is 25.9. The number of aliphatic imine (C=N–C) groups is 1. The number of carbonyl (C=O) groups is 1. The first-order valence-corrected chi connectivity index (χ1v) is 11.8. The van der Waals surface area contributed by atoms with Gasteiger partial charge in [0.1, 0.15) is 11.6 Å². The van der Waals surface area contributed by atoms with Gasteiger partial charge < -0.3 is 19.9 Å². The molecule has 1 aromatic rings. The average molecular weight is 546 g/mol. The van der Waals surface area contributed by atoms with E-state index in [9.17, 15) is 4.79 Å². The molecule has 0 spiro atoms. The monoisotopic (exact) mass is 546 g/mol. The maximum absolute atomic E-state index is 11.9. The summed E-state index contributed by atoms with van der Waals surface area (Å²) in [4.78, 5) is 16.7. The van der Waals surface area contributed by atoms with Crippen LogP contribution in [0.15, 0.2) is 4.99 Å². The Kier molecular flexibility index (Phi) is 11.6. The van der Waals surface area contributed by atoms with E-state index in [0.29, 0.717) is 12.6 Å². The minimum atomic E-state index is -0.0390. The molecule has 0 aromatic carbocycles. The molecule has 0 atom stereocenters. The molecular formula is C22H39IN6O2. The molecule has 1 aliphatic carbocycles. The van der Waals surface area contributed by atoms with Crippen molar-refractivity contribution in [3.63, 3.8) is 0 Å². The highest BCUT2D eigenvalue weighted by molar-refractivity contribution is 14.0. The molecule has 0 unspecified atom stereocenters. The van der Waals surface area contributed by atoms with Gasteiger partial charge in [-0.3, -0.25) is 9.79 Å². The third kappa shape index (κ3) is 7.91. The number of guanidine groups is 1. The van der Waals surface area contributed by atoms with E-state index in [1.165, 1.54) is 19.3 Å². The first-order valence-electron chi connectivity index (χ1n) is 11.8. The van der Waals surface area contributed by atoms with Gasteiger partial charge in [-0.25, -0.2) is 0 Å². The van der Waals surface area contributed by atoms with Crippen LogP contribution in [0.1, 0.15) is 76.9 Å². The Morgan fingerprint density at radius 3 is 2.71 bits per heavy atom. The highest BCUT2D eigenvalue weighted by Gasteiger charge is 2.27. The van der Waals surface area contributed by atoms with Crippen molar-refractivity contribution in [3.8, 4) is 0 Å². The number of esters is 1. The molecule has 2 aliphatic rings. The molecule has 2 N–H and O–H groups in total. The van der Waals surface area contributed by atoms with Crippen LogP contribution in [0.3, 0.4) is 0 Å². The van der Waals surface area contributed by atoms with E-state index < -0.39 is 0 Å². The summed E-state index contributed by atoms with van der Waals surface area (Å²) in [6.45, 7) is 7.06. The van der Waals surface area contributed by atoms with Crippen molar-refractivity contribution < 1.29 is 9.53 Å². The smallest absolute Gasteiger partial charge is 0.308 e. The van der Waals surface area contributed by atoms with Gasteiger partial charge in [0.15, 0.2) is 5.96 Å². The fraction of sp³-hybridized carbons (Fsp3) is 0.818. The zero-order valence-electron chi connectivity index (χ0n) is 19.1. The molecule has 1 saturated carbocycles. The molecule has 8 nitrogen and oxygen atoms in total. The fourth-order valence-electron chi connectivity index (χ4n) is 4.41. The van der Waals surface area contributed by atoms with Crippen LogP contribution in [0.4, 0.5) is 0 Å². The minimum absolute atomic E-state index is 0. The summed E-state index contributed by atoms with van der Waals surface area (Å²) in [6, 6.07) is 0.362. The van der Waals surface area contributed by atoms with E-state index >= 15 is 0 Å². The zero-order chi connectivity index (χ0) is 21.2. The van der Waals surface area contributed by atoms with Crippen molar-refractivity contribution >= 4 is 35.9 Å². The first-order chi connectivity index (χ1) is 14.7. The molecule has 3 rings (SSSR count). The lowest BCUT2D eigenvalue weighted by Gasteiger charge is -2.29. The third-order valence-electron chi connectivity index (χ3n) is 6.05. The quantitative estimate of drug-likeness (QED) is 0.171. The number of fused-ring (bicyclic) bond motifs is 1. The second-order valence-corrected chi connectivity index (χ2v) is 8.30. The summed E-state index contributed by atoms with van der Waals surface area (Å²) >= 11 is 0. The van der Waals surface area contributed by atoms with Crippen LogP contribution in [0.25, 0.3) is 0 Å². The molecule has 176 valence electrons. The number of nitrogens with one attached hydrogen (secondary N) is 2. The molecular weight excluding hydrogens is 507 g/mol. The Balaban J connectivity index is 0.00000341. The van der Waals surface area contributed by atoms with Gasteiger partial charge in [0, 0.05) is 38.5 Å². The Hall–Kier alpha value is -1.39. The molecule has 1 fully saturated rings. The van der Waals surface area contributed by atoms with Crippen molar-refractivity contribution in [1.82, 2.24) is 25.4 Å². The van der Waals surface area contributed by atoms with Gasteiger partial charge in [-0.15, -0.1) is 34.2 Å². The molecule has 0 radical (unpaired) electrons. The van der Waals surface area contributed by atoms with Gasteiger partial charge in [0.25, 0.3) is 0 Å². The largest absolute Gasteiger partial charge is 0.466 e. The number of halogens is 1. The highest BCUT2D eigenvalue weighted by Crippen LogP contribution is 2.25. The summed E-state index contributed by atoms with van der Waals surface area (Å²) < 4.78 is 7.49. The van der Waals surface area contributed by atoms with Gasteiger partial charge in [0.05, 0.1) is 12.5 Å². The minimum Gasteiger partial charge on any atom is -0.466 e. The van der Waals surface area contributed by atoms with Crippen molar-refractivity contribution in [1.29, 1.82) is 0 Å². The molecule has 9 heteroatoms. The lowest BCUT2D eigenvalue weighted by atomic mass is 9.86. The van der Waals surface area contributed by atoms with Crippen LogP contribution in [0, 0.1) is 5.92 Å². The third-order valence-corrected chi connectivity index (χ3v) is 6.05. The number of carbonyl (C=O) groups excluding carboxylic acids is 1. The molecule has 0 amide bonds. The molecule has 0 bridgehead atoms. The number of nitrogens with zero attached hydrogens (tertiary/aromatic N) is 4. The number of rotatable bonds is 8. The summed E-state index contributed by atoms with van der Waals surface area (Å²) in [5.41, 5.74) is 0. The molecule has 0 saturated heterocycles. The maximum atomic E-state index is 11.9. The average Bonchev–Trinajstić information content (AvgIpc) is 2.98. The Morgan fingerprint density at radius 1 is 1.16 bits per heavy atom. The second kappa shape index (κ2) is 13.9. The molecule has 2 heterocycles. The van der Waals surface area contributed by atoms with Gasteiger partial charge >= 0.3 is 5.97 Å². The van der Waals surface area contributed by atoms with Crippen LogP contribution < -0.4 is 10.6 Å². The normalized spacial score (nSPS) is 21.4. The highest BCUT2D eigenvalue weighted by atomic mass is 127. The second-order valence-electron chi connectivity index (χ2n) is 8.30. The number of hydrogen-bond acceptors (Lipinski definition) is 5. The van der Waals surface area contributed by atoms with Crippen molar-refractivity contribution in [2.75, 3.05) is 19.7 Å². The number of ether oxygens (including phenoxy) is 1. The van der Waals surface area contributed by atoms with E-state index in [2.05, 4.69) is 32.3 Å². The Morgan fingerprint density at radius 2 is 1.97 bits per heavy atom. The van der Waals surface area contributed by atoms with Crippen LogP contribution >= 0.6 is 24.0 Å². The number of aromatic nitrogens is 3. The van der Waals surface area contributed by atoms with Crippen molar-refractivity contribution in [3.05, 3.63) is 11.6 Å². The summed E-state index contributed by atoms with van der Waals surface area (Å²) in [7, 11) is 0. The SMILES string of the molecule is CCNC(=NCCCc1nnc2n1CCCCC2)NC1CCC(C(=O)OCC)CC1.I. The Bertz CT molecular complexity index is 700. The fourth-order valence-corrected chi connectivity index (χ4v) is 4.41. The van der Waals surface area contributed by atoms with E-state index in [1.807, 2.05) is 6.92 Å². The van der Waals surface area contributed by atoms with Crippen LogP contribution in [-0.2, 0) is 28.9 Å². The van der Waals surface area contributed by atoms with Gasteiger partial charge in [-0.05, 0) is 58.8 Å². The standard InChI is InChI=1S/C22H38N6O2.HI/c1-3-23-22(25-18-13-11-17(12-14-18)21(29)30-4-2)24-15-8-10-20-27-26-19-9-6-5-7-16-28(19)20;/h17-18H,3-16H2,1-2H3,(H2,23,24,25);1H. The number of hydrogen-bond donors (Lipinski definition) is 2. The van der Waals surface area contributed by atoms with Gasteiger partial charge in [-0.1, -0.05) is 6.42 Å². The lowest BCUT2D eigenvalue weighted by molar-refractivity contribution is -0.149. The summed E-state index contributed by atoms with van der Waals surface area (Å²) in [6.07, 6.45) is 10.4. The maximum Gasteiger partial charge on any atom is 0.308 e. The van der Waals surface area contributed by atoms with E-state index in [0.717, 1.165) is 82.2 Å². The predicted octanol–water partition coefficient (Wildman–Crippen LogP) is 3.23.